The van der Waals surface area contributed by atoms with Crippen LogP contribution in [0, 0.1) is 17.8 Å². The van der Waals surface area contributed by atoms with Crippen molar-refractivity contribution in [3.63, 3.8) is 0 Å². The van der Waals surface area contributed by atoms with Gasteiger partial charge >= 0.3 is 0 Å². The highest BCUT2D eigenvalue weighted by molar-refractivity contribution is 7.83. The monoisotopic (exact) mass is 456 g/mol. The van der Waals surface area contributed by atoms with Crippen molar-refractivity contribution in [1.82, 2.24) is 9.62 Å². The molecule has 3 unspecified atom stereocenters. The normalized spacial score (nSPS) is 25.7. The fourth-order valence-electron chi connectivity index (χ4n) is 4.83. The summed E-state index contributed by atoms with van der Waals surface area (Å²) in [4.78, 5) is 12.8. The van der Waals surface area contributed by atoms with Gasteiger partial charge in [-0.25, -0.2) is 8.51 Å². The number of nitrogens with zero attached hydrogens (tertiary/aromatic N) is 1. The zero-order valence-electron chi connectivity index (χ0n) is 19.7. The van der Waals surface area contributed by atoms with Crippen LogP contribution < -0.4 is 5.32 Å². The van der Waals surface area contributed by atoms with E-state index < -0.39 is 11.0 Å². The van der Waals surface area contributed by atoms with Crippen LogP contribution in [0.4, 0.5) is 0 Å². The van der Waals surface area contributed by atoms with E-state index in [0.717, 1.165) is 25.9 Å². The molecule has 176 valence electrons. The molecule has 1 saturated heterocycles. The Morgan fingerprint density at radius 1 is 1.09 bits per heavy atom. The van der Waals surface area contributed by atoms with E-state index in [1.54, 1.807) is 0 Å². The molecule has 3 aliphatic rings. The Labute approximate surface area is 197 Å². The second-order valence-electron chi connectivity index (χ2n) is 9.29. The van der Waals surface area contributed by atoms with E-state index in [0.29, 0.717) is 12.5 Å². The van der Waals surface area contributed by atoms with Gasteiger partial charge in [0.05, 0.1) is 11.2 Å². The van der Waals surface area contributed by atoms with Crippen molar-refractivity contribution in [1.29, 1.82) is 0 Å². The number of carbonyl (C=O) groups is 1. The molecule has 0 spiro atoms. The van der Waals surface area contributed by atoms with E-state index in [2.05, 4.69) is 47.8 Å². The van der Waals surface area contributed by atoms with Crippen LogP contribution in [-0.4, -0.2) is 39.3 Å². The average Bonchev–Trinajstić information content (AvgIpc) is 3.12. The first-order valence-electron chi connectivity index (χ1n) is 12.4. The van der Waals surface area contributed by atoms with Gasteiger partial charge in [0.1, 0.15) is 11.0 Å². The minimum absolute atomic E-state index is 0.0488. The summed E-state index contributed by atoms with van der Waals surface area (Å²) in [6.07, 6.45) is 27.0. The number of hydrogen-bond donors (Lipinski definition) is 1. The molecule has 1 saturated carbocycles. The van der Waals surface area contributed by atoms with Crippen molar-refractivity contribution in [2.75, 3.05) is 19.6 Å². The van der Waals surface area contributed by atoms with Gasteiger partial charge in [-0.2, -0.15) is 0 Å². The molecular weight excluding hydrogens is 416 g/mol. The van der Waals surface area contributed by atoms with Gasteiger partial charge < -0.3 is 5.32 Å². The quantitative estimate of drug-likeness (QED) is 0.507. The number of carbonyl (C=O) groups excluding carboxylic acids is 1. The molecule has 0 aromatic rings. The summed E-state index contributed by atoms with van der Waals surface area (Å²) in [5.41, 5.74) is 1.20. The van der Waals surface area contributed by atoms with Crippen LogP contribution in [0.15, 0.2) is 60.3 Å². The van der Waals surface area contributed by atoms with Crippen LogP contribution >= 0.6 is 0 Å². The van der Waals surface area contributed by atoms with Gasteiger partial charge in [-0.05, 0) is 51.0 Å². The van der Waals surface area contributed by atoms with Crippen molar-refractivity contribution in [3.05, 3.63) is 60.3 Å². The van der Waals surface area contributed by atoms with Gasteiger partial charge in [-0.1, -0.05) is 73.9 Å². The van der Waals surface area contributed by atoms with E-state index in [9.17, 15) is 9.00 Å². The number of allylic oxidation sites excluding steroid dienone is 9. The lowest BCUT2D eigenvalue weighted by Gasteiger charge is -2.32. The summed E-state index contributed by atoms with van der Waals surface area (Å²) >= 11 is 0. The molecule has 4 nitrogen and oxygen atoms in total. The molecule has 0 bridgehead atoms. The molecule has 0 aromatic heterocycles. The highest BCUT2D eigenvalue weighted by atomic mass is 32.2. The summed E-state index contributed by atoms with van der Waals surface area (Å²) < 4.78 is 15.2. The number of hydrogen-bond acceptors (Lipinski definition) is 2. The predicted octanol–water partition coefficient (Wildman–Crippen LogP) is 5.25. The van der Waals surface area contributed by atoms with Gasteiger partial charge in [-0.15, -0.1) is 0 Å². The standard InChI is InChI=1S/C27H40N2O2S/c1-3-24(25-14-9-4-5-10-15-25)18-17-22(2)32(31)29-19-11-16-26(21-29)27(30)28-20-23-12-7-6-8-13-23/h3-5,9-10,14-15,17-18,22-23,25-26H,6-8,11-13,16,19-21H2,1-2H3,(H,28,30)/b18-17-,24-3+. The third-order valence-corrected chi connectivity index (χ3v) is 8.50. The maximum absolute atomic E-state index is 13.2. The Kier molecular flexibility index (Phi) is 10.2. The lowest BCUT2D eigenvalue weighted by atomic mass is 9.89. The number of nitrogens with one attached hydrogen (secondary N) is 1. The van der Waals surface area contributed by atoms with Crippen LogP contribution in [0.2, 0.25) is 0 Å². The molecule has 0 radical (unpaired) electrons. The molecule has 32 heavy (non-hydrogen) atoms. The molecule has 1 N–H and O–H groups in total. The maximum atomic E-state index is 13.2. The molecule has 3 atom stereocenters. The van der Waals surface area contributed by atoms with E-state index in [4.69, 9.17) is 0 Å². The Bertz CT molecular complexity index is 773. The van der Waals surface area contributed by atoms with Crippen molar-refractivity contribution in [2.24, 2.45) is 17.8 Å². The molecule has 0 aromatic carbocycles. The summed E-state index contributed by atoms with van der Waals surface area (Å²) in [5, 5.41) is 3.10. The van der Waals surface area contributed by atoms with Crippen LogP contribution in [-0.2, 0) is 15.8 Å². The first kappa shape index (κ1) is 24.9. The minimum atomic E-state index is -1.13. The zero-order valence-corrected chi connectivity index (χ0v) is 20.6. The highest BCUT2D eigenvalue weighted by Crippen LogP contribution is 2.24. The molecule has 1 aliphatic heterocycles. The molecule has 1 amide bonds. The Balaban J connectivity index is 1.50. The molecule has 5 heteroatoms. The van der Waals surface area contributed by atoms with Crippen molar-refractivity contribution in [3.8, 4) is 0 Å². The fraction of sp³-hybridized carbons (Fsp3) is 0.593. The molecule has 1 heterocycles. The molecule has 2 fully saturated rings. The SMILES string of the molecule is C/C=C(\C=C/C(C)S(=O)N1CCCC(C(=O)NCC2CCCCC2)C1)C1C=CC=CC=C1. The van der Waals surface area contributed by atoms with Crippen LogP contribution in [0.5, 0.6) is 0 Å². The second-order valence-corrected chi connectivity index (χ2v) is 11.1. The first-order chi connectivity index (χ1) is 15.6. The third-order valence-electron chi connectivity index (χ3n) is 6.87. The fourth-order valence-corrected chi connectivity index (χ4v) is 6.15. The van der Waals surface area contributed by atoms with Crippen molar-refractivity contribution >= 4 is 16.9 Å². The van der Waals surface area contributed by atoms with Gasteiger partial charge in [0.15, 0.2) is 0 Å². The Morgan fingerprint density at radius 3 is 2.50 bits per heavy atom. The van der Waals surface area contributed by atoms with Gasteiger partial charge in [0.2, 0.25) is 5.91 Å². The summed E-state index contributed by atoms with van der Waals surface area (Å²) in [6.45, 7) is 6.25. The molecule has 2 aliphatic carbocycles. The van der Waals surface area contributed by atoms with E-state index in [-0.39, 0.29) is 23.0 Å². The summed E-state index contributed by atoms with van der Waals surface area (Å²) in [7, 11) is -1.13. The van der Waals surface area contributed by atoms with Crippen molar-refractivity contribution < 1.29 is 9.00 Å². The van der Waals surface area contributed by atoms with Gasteiger partial charge in [0.25, 0.3) is 0 Å². The third kappa shape index (κ3) is 7.41. The van der Waals surface area contributed by atoms with Crippen LogP contribution in [0.3, 0.4) is 0 Å². The van der Waals surface area contributed by atoms with E-state index in [1.165, 1.54) is 37.7 Å². The topological polar surface area (TPSA) is 49.4 Å². The van der Waals surface area contributed by atoms with Gasteiger partial charge in [-0.3, -0.25) is 4.79 Å². The van der Waals surface area contributed by atoms with Crippen molar-refractivity contribution in [2.45, 2.75) is 64.0 Å². The largest absolute Gasteiger partial charge is 0.356 e. The zero-order chi connectivity index (χ0) is 22.8. The highest BCUT2D eigenvalue weighted by Gasteiger charge is 2.30. The second kappa shape index (κ2) is 13.1. The van der Waals surface area contributed by atoms with Crippen LogP contribution in [0.25, 0.3) is 0 Å². The maximum Gasteiger partial charge on any atom is 0.224 e. The lowest BCUT2D eigenvalue weighted by Crippen LogP contribution is -2.46. The van der Waals surface area contributed by atoms with Gasteiger partial charge in [0, 0.05) is 25.6 Å². The molecular formula is C27H40N2O2S. The minimum Gasteiger partial charge on any atom is -0.356 e. The Morgan fingerprint density at radius 2 is 1.81 bits per heavy atom. The Hall–Kier alpha value is -1.72. The predicted molar refractivity (Wildman–Crippen MR) is 135 cm³/mol. The molecule has 3 rings (SSSR count). The van der Waals surface area contributed by atoms with Crippen LogP contribution in [0.1, 0.15) is 58.8 Å². The number of amides is 1. The average molecular weight is 457 g/mol. The smallest absolute Gasteiger partial charge is 0.224 e. The number of rotatable bonds is 8. The van der Waals surface area contributed by atoms with E-state index in [1.807, 2.05) is 30.3 Å². The lowest BCUT2D eigenvalue weighted by molar-refractivity contribution is -0.126. The summed E-state index contributed by atoms with van der Waals surface area (Å²) in [5.74, 6) is 0.977. The summed E-state index contributed by atoms with van der Waals surface area (Å²) in [6, 6.07) is 0. The van der Waals surface area contributed by atoms with E-state index >= 15 is 0 Å². The number of piperidine rings is 1. The first-order valence-corrected chi connectivity index (χ1v) is 13.5.